The minimum absolute atomic E-state index is 0.101. The Balaban J connectivity index is 1.23. The molecule has 3 aromatic heterocycles. The third kappa shape index (κ3) is 4.15. The summed E-state index contributed by atoms with van der Waals surface area (Å²) in [6.45, 7) is 1.59. The van der Waals surface area contributed by atoms with Crippen molar-refractivity contribution in [1.29, 1.82) is 0 Å². The van der Waals surface area contributed by atoms with Gasteiger partial charge in [0.2, 0.25) is 0 Å². The van der Waals surface area contributed by atoms with Gasteiger partial charge in [-0.2, -0.15) is 0 Å². The molecule has 3 heterocycles. The lowest BCUT2D eigenvalue weighted by Gasteiger charge is -2.36. The second-order valence-corrected chi connectivity index (χ2v) is 8.49. The molecular formula is C24H25N5O3. The lowest BCUT2D eigenvalue weighted by molar-refractivity contribution is -0.0315. The van der Waals surface area contributed by atoms with Crippen molar-refractivity contribution in [2.24, 2.45) is 0 Å². The van der Waals surface area contributed by atoms with Gasteiger partial charge in [-0.25, -0.2) is 4.98 Å². The van der Waals surface area contributed by atoms with E-state index in [0.29, 0.717) is 25.3 Å². The van der Waals surface area contributed by atoms with Crippen LogP contribution < -0.4 is 16.2 Å². The van der Waals surface area contributed by atoms with Gasteiger partial charge in [-0.1, -0.05) is 18.2 Å². The van der Waals surface area contributed by atoms with E-state index in [2.05, 4.69) is 26.7 Å². The summed E-state index contributed by atoms with van der Waals surface area (Å²) in [5.41, 5.74) is 2.67. The zero-order valence-corrected chi connectivity index (χ0v) is 17.6. The maximum Gasteiger partial charge on any atom is 0.270 e. The maximum absolute atomic E-state index is 12.6. The third-order valence-corrected chi connectivity index (χ3v) is 6.05. The Hall–Kier alpha value is -3.49. The van der Waals surface area contributed by atoms with E-state index in [1.54, 1.807) is 24.4 Å². The van der Waals surface area contributed by atoms with Crippen molar-refractivity contribution < 1.29 is 9.90 Å². The summed E-state index contributed by atoms with van der Waals surface area (Å²) in [7, 11) is 0. The minimum Gasteiger partial charge on any atom is -0.389 e. The van der Waals surface area contributed by atoms with E-state index in [1.807, 2.05) is 18.2 Å². The van der Waals surface area contributed by atoms with Crippen LogP contribution in [0.4, 0.5) is 0 Å². The average molecular weight is 431 g/mol. The highest BCUT2D eigenvalue weighted by Crippen LogP contribution is 2.30. The van der Waals surface area contributed by atoms with Crippen LogP contribution in [0.3, 0.4) is 0 Å². The number of carbonyl (C=O) groups excluding carboxylic acids is 1. The Kier molecular flexibility index (Phi) is 5.24. The van der Waals surface area contributed by atoms with Crippen molar-refractivity contribution >= 4 is 22.5 Å². The molecule has 8 heteroatoms. The molecule has 32 heavy (non-hydrogen) atoms. The molecule has 0 aliphatic heterocycles. The third-order valence-electron chi connectivity index (χ3n) is 6.05. The van der Waals surface area contributed by atoms with Crippen molar-refractivity contribution in [3.05, 3.63) is 82.0 Å². The van der Waals surface area contributed by atoms with Gasteiger partial charge in [0.15, 0.2) is 0 Å². The van der Waals surface area contributed by atoms with Crippen molar-refractivity contribution in [1.82, 2.24) is 25.0 Å². The zero-order chi connectivity index (χ0) is 22.1. The molecule has 1 aliphatic carbocycles. The highest BCUT2D eigenvalue weighted by atomic mass is 16.3. The first-order valence-corrected chi connectivity index (χ1v) is 10.8. The Morgan fingerprint density at radius 3 is 2.84 bits per heavy atom. The predicted molar refractivity (Wildman–Crippen MR) is 121 cm³/mol. The minimum atomic E-state index is -0.539. The number of hydrogen-bond acceptors (Lipinski definition) is 5. The average Bonchev–Trinajstić information content (AvgIpc) is 3.18. The molecule has 5 rings (SSSR count). The lowest BCUT2D eigenvalue weighted by atomic mass is 9.80. The Labute approximate surface area is 184 Å². The molecule has 0 bridgehead atoms. The van der Waals surface area contributed by atoms with Crippen LogP contribution >= 0.6 is 0 Å². The second kappa shape index (κ2) is 8.22. The van der Waals surface area contributed by atoms with E-state index in [1.165, 1.54) is 10.5 Å². The first kappa shape index (κ1) is 20.4. The second-order valence-electron chi connectivity index (χ2n) is 8.49. The molecule has 1 saturated carbocycles. The van der Waals surface area contributed by atoms with Gasteiger partial charge in [-0.05, 0) is 54.5 Å². The van der Waals surface area contributed by atoms with E-state index in [-0.39, 0.29) is 17.2 Å². The van der Waals surface area contributed by atoms with Gasteiger partial charge in [0, 0.05) is 43.1 Å². The van der Waals surface area contributed by atoms with Crippen LogP contribution in [-0.4, -0.2) is 37.5 Å². The topological polar surface area (TPSA) is 112 Å². The number of nitrogens with zero attached hydrogens (tertiary/aromatic N) is 2. The van der Waals surface area contributed by atoms with Crippen LogP contribution in [0.15, 0.2) is 59.5 Å². The van der Waals surface area contributed by atoms with Gasteiger partial charge in [0.25, 0.3) is 11.5 Å². The molecule has 1 fully saturated rings. The molecular weight excluding hydrogens is 406 g/mol. The summed E-state index contributed by atoms with van der Waals surface area (Å²) in [5.74, 6) is -0.390. The van der Waals surface area contributed by atoms with Crippen LogP contribution in [0.5, 0.6) is 0 Å². The molecule has 8 nitrogen and oxygen atoms in total. The number of fused-ring (bicyclic) bond motifs is 2. The van der Waals surface area contributed by atoms with Crippen LogP contribution in [0, 0.1) is 0 Å². The highest BCUT2D eigenvalue weighted by molar-refractivity contribution is 5.92. The van der Waals surface area contributed by atoms with Gasteiger partial charge in [0.05, 0.1) is 5.60 Å². The highest BCUT2D eigenvalue weighted by Gasteiger charge is 2.33. The SMILES string of the molecule is O=C(NCc1ccc2cc(CNCC3(O)CCC3)[nH]c2c1)c1cc(=O)n2ccccc2n1. The smallest absolute Gasteiger partial charge is 0.270 e. The number of carbonyl (C=O) groups is 1. The fourth-order valence-electron chi connectivity index (χ4n) is 4.07. The van der Waals surface area contributed by atoms with Crippen molar-refractivity contribution in [2.45, 2.75) is 38.0 Å². The summed E-state index contributed by atoms with van der Waals surface area (Å²) < 4.78 is 1.40. The van der Waals surface area contributed by atoms with Gasteiger partial charge in [0.1, 0.15) is 11.3 Å². The predicted octanol–water partition coefficient (Wildman–Crippen LogP) is 2.11. The molecule has 4 aromatic rings. The molecule has 0 unspecified atom stereocenters. The number of nitrogens with one attached hydrogen (secondary N) is 3. The number of hydrogen-bond donors (Lipinski definition) is 4. The summed E-state index contributed by atoms with van der Waals surface area (Å²) in [4.78, 5) is 32.4. The van der Waals surface area contributed by atoms with E-state index in [9.17, 15) is 14.7 Å². The monoisotopic (exact) mass is 431 g/mol. The zero-order valence-electron chi connectivity index (χ0n) is 17.6. The molecule has 4 N–H and O–H groups in total. The summed E-state index contributed by atoms with van der Waals surface area (Å²) in [5, 5.41) is 17.4. The largest absolute Gasteiger partial charge is 0.389 e. The fraction of sp³-hybridized carbons (Fsp3) is 0.292. The van der Waals surface area contributed by atoms with E-state index in [4.69, 9.17) is 0 Å². The summed E-state index contributed by atoms with van der Waals surface area (Å²) in [6.07, 6.45) is 4.45. The van der Waals surface area contributed by atoms with E-state index >= 15 is 0 Å². The maximum atomic E-state index is 12.6. The number of rotatable bonds is 7. The van der Waals surface area contributed by atoms with Gasteiger partial charge in [-0.15, -0.1) is 0 Å². The van der Waals surface area contributed by atoms with Crippen LogP contribution in [0.2, 0.25) is 0 Å². The normalized spacial score (nSPS) is 15.0. The Morgan fingerprint density at radius 2 is 2.03 bits per heavy atom. The van der Waals surface area contributed by atoms with Crippen LogP contribution in [0.1, 0.15) is 41.0 Å². The molecule has 0 radical (unpaired) electrons. The molecule has 1 aromatic carbocycles. The number of aromatic nitrogens is 3. The Morgan fingerprint density at radius 1 is 1.16 bits per heavy atom. The molecule has 0 atom stereocenters. The molecule has 1 aliphatic rings. The van der Waals surface area contributed by atoms with Gasteiger partial charge >= 0.3 is 0 Å². The molecule has 0 spiro atoms. The number of H-pyrrole nitrogens is 1. The van der Waals surface area contributed by atoms with Crippen molar-refractivity contribution in [3.8, 4) is 0 Å². The first-order chi connectivity index (χ1) is 15.5. The van der Waals surface area contributed by atoms with E-state index in [0.717, 1.165) is 41.4 Å². The summed E-state index contributed by atoms with van der Waals surface area (Å²) in [6, 6.07) is 14.5. The number of aliphatic hydroxyl groups is 1. The number of amides is 1. The number of benzene rings is 1. The van der Waals surface area contributed by atoms with Crippen molar-refractivity contribution in [2.75, 3.05) is 6.54 Å². The standard InChI is InChI=1S/C24H25N5O3/c30-22-12-20(28-21-4-1-2-9-29(21)22)23(31)26-13-16-5-6-17-11-18(27-19(17)10-16)14-25-15-24(32)7-3-8-24/h1-2,4-6,9-12,25,27,32H,3,7-8,13-15H2,(H,26,31). The van der Waals surface area contributed by atoms with Crippen molar-refractivity contribution in [3.63, 3.8) is 0 Å². The number of pyridine rings is 1. The first-order valence-electron chi connectivity index (χ1n) is 10.8. The quantitative estimate of drug-likeness (QED) is 0.358. The summed E-state index contributed by atoms with van der Waals surface area (Å²) >= 11 is 0. The van der Waals surface area contributed by atoms with Crippen LogP contribution in [-0.2, 0) is 13.1 Å². The van der Waals surface area contributed by atoms with E-state index < -0.39 is 5.60 Å². The number of aromatic amines is 1. The molecule has 1 amide bonds. The molecule has 0 saturated heterocycles. The fourth-order valence-corrected chi connectivity index (χ4v) is 4.07. The molecule has 164 valence electrons. The van der Waals surface area contributed by atoms with Crippen LogP contribution in [0.25, 0.3) is 16.6 Å². The Bertz CT molecular complexity index is 1350. The van der Waals surface area contributed by atoms with Gasteiger partial charge in [-0.3, -0.25) is 14.0 Å². The van der Waals surface area contributed by atoms with Gasteiger partial charge < -0.3 is 20.7 Å². The lowest BCUT2D eigenvalue weighted by Crippen LogP contribution is -2.46.